The zero-order valence-electron chi connectivity index (χ0n) is 9.33. The van der Waals surface area contributed by atoms with Gasteiger partial charge in [-0.15, -0.1) is 11.8 Å². The molecule has 1 aromatic heterocycles. The Bertz CT molecular complexity index is 540. The maximum atomic E-state index is 11.0. The molecule has 0 aliphatic carbocycles. The zero-order chi connectivity index (χ0) is 12.3. The summed E-state index contributed by atoms with van der Waals surface area (Å²) in [5.74, 6) is -0.793. The summed E-state index contributed by atoms with van der Waals surface area (Å²) < 4.78 is 0. The normalized spacial score (nSPS) is 12.5. The lowest BCUT2D eigenvalue weighted by molar-refractivity contribution is -0.136. The molecule has 0 aliphatic heterocycles. The van der Waals surface area contributed by atoms with Crippen LogP contribution in [0.4, 0.5) is 0 Å². The number of hydrogen-bond donors (Lipinski definition) is 1. The number of carboxylic acid groups (broad SMARTS) is 1. The van der Waals surface area contributed by atoms with Gasteiger partial charge >= 0.3 is 5.97 Å². The Morgan fingerprint density at radius 2 is 2.24 bits per heavy atom. The molecule has 0 saturated heterocycles. The Kier molecular flexibility index (Phi) is 3.58. The monoisotopic (exact) mass is 248 g/mol. The smallest absolute Gasteiger partial charge is 0.316 e. The van der Waals surface area contributed by atoms with E-state index >= 15 is 0 Å². The van der Waals surface area contributed by atoms with E-state index in [1.807, 2.05) is 31.2 Å². The molecule has 0 saturated carbocycles. The molecule has 0 amide bonds. The average molecular weight is 248 g/mol. The molecule has 1 unspecified atom stereocenters. The van der Waals surface area contributed by atoms with Crippen LogP contribution in [0.1, 0.15) is 13.3 Å². The Hall–Kier alpha value is -1.62. The highest BCUT2D eigenvalue weighted by Gasteiger charge is 2.17. The quantitative estimate of drug-likeness (QED) is 0.842. The van der Waals surface area contributed by atoms with Crippen molar-refractivity contribution >= 4 is 28.6 Å². The Morgan fingerprint density at radius 1 is 1.47 bits per heavy atom. The van der Waals surface area contributed by atoms with Crippen molar-refractivity contribution in [3.8, 4) is 0 Å². The Labute approximate surface area is 103 Å². The molecule has 0 aliphatic rings. The molecule has 5 heteroatoms. The van der Waals surface area contributed by atoms with E-state index in [4.69, 9.17) is 5.11 Å². The molecule has 0 radical (unpaired) electrons. The van der Waals surface area contributed by atoms with Gasteiger partial charge in [0.15, 0.2) is 0 Å². The van der Waals surface area contributed by atoms with Crippen LogP contribution in [0.15, 0.2) is 35.4 Å². The van der Waals surface area contributed by atoms with Crippen molar-refractivity contribution in [2.45, 2.75) is 23.5 Å². The van der Waals surface area contributed by atoms with E-state index in [0.717, 1.165) is 15.8 Å². The third kappa shape index (κ3) is 2.55. The molecule has 88 valence electrons. The lowest BCUT2D eigenvalue weighted by atomic mass is 10.2. The summed E-state index contributed by atoms with van der Waals surface area (Å²) in [6.07, 6.45) is 2.20. The molecule has 0 fully saturated rings. The van der Waals surface area contributed by atoms with Gasteiger partial charge in [-0.25, -0.2) is 0 Å². The number of aromatic nitrogens is 2. The van der Waals surface area contributed by atoms with Gasteiger partial charge in [-0.05, 0) is 12.5 Å². The SMILES string of the molecule is CCC(Sc1cnnc2ccccc12)C(=O)O. The second-order valence-electron chi connectivity index (χ2n) is 3.58. The van der Waals surface area contributed by atoms with Gasteiger partial charge in [0.2, 0.25) is 0 Å². The molecule has 1 atom stereocenters. The van der Waals surface area contributed by atoms with Gasteiger partial charge in [-0.3, -0.25) is 4.79 Å². The van der Waals surface area contributed by atoms with Crippen LogP contribution in [-0.4, -0.2) is 26.5 Å². The minimum Gasteiger partial charge on any atom is -0.480 e. The van der Waals surface area contributed by atoms with Crippen LogP contribution in [-0.2, 0) is 4.79 Å². The van der Waals surface area contributed by atoms with Gasteiger partial charge in [0, 0.05) is 10.3 Å². The van der Waals surface area contributed by atoms with Crippen molar-refractivity contribution < 1.29 is 9.90 Å². The van der Waals surface area contributed by atoms with Crippen LogP contribution in [0.25, 0.3) is 10.9 Å². The molecule has 0 bridgehead atoms. The third-order valence-electron chi connectivity index (χ3n) is 2.43. The van der Waals surface area contributed by atoms with E-state index in [9.17, 15) is 4.79 Å². The summed E-state index contributed by atoms with van der Waals surface area (Å²) >= 11 is 1.32. The number of benzene rings is 1. The second-order valence-corrected chi connectivity index (χ2v) is 4.82. The fourth-order valence-corrected chi connectivity index (χ4v) is 2.52. The lowest BCUT2D eigenvalue weighted by Gasteiger charge is -2.10. The van der Waals surface area contributed by atoms with Gasteiger partial charge < -0.3 is 5.11 Å². The second kappa shape index (κ2) is 5.14. The summed E-state index contributed by atoms with van der Waals surface area (Å²) in [5.41, 5.74) is 0.790. The lowest BCUT2D eigenvalue weighted by Crippen LogP contribution is -2.14. The fourth-order valence-electron chi connectivity index (χ4n) is 1.54. The molecule has 1 heterocycles. The van der Waals surface area contributed by atoms with E-state index in [-0.39, 0.29) is 0 Å². The summed E-state index contributed by atoms with van der Waals surface area (Å²) in [6, 6.07) is 7.60. The molecular weight excluding hydrogens is 236 g/mol. The first kappa shape index (κ1) is 11.9. The van der Waals surface area contributed by atoms with E-state index in [2.05, 4.69) is 10.2 Å². The van der Waals surface area contributed by atoms with Crippen LogP contribution >= 0.6 is 11.8 Å². The molecule has 1 N–H and O–H groups in total. The van der Waals surface area contributed by atoms with Crippen molar-refractivity contribution in [2.24, 2.45) is 0 Å². The number of hydrogen-bond acceptors (Lipinski definition) is 4. The number of nitrogens with zero attached hydrogens (tertiary/aromatic N) is 2. The third-order valence-corrected chi connectivity index (χ3v) is 3.82. The molecule has 17 heavy (non-hydrogen) atoms. The highest BCUT2D eigenvalue weighted by atomic mass is 32.2. The van der Waals surface area contributed by atoms with Crippen molar-refractivity contribution in [3.63, 3.8) is 0 Å². The minimum atomic E-state index is -0.793. The van der Waals surface area contributed by atoms with Crippen molar-refractivity contribution in [1.82, 2.24) is 10.2 Å². The van der Waals surface area contributed by atoms with E-state index in [1.54, 1.807) is 6.20 Å². The zero-order valence-corrected chi connectivity index (χ0v) is 10.1. The number of thioether (sulfide) groups is 1. The van der Waals surface area contributed by atoms with Crippen molar-refractivity contribution in [3.05, 3.63) is 30.5 Å². The van der Waals surface area contributed by atoms with Gasteiger partial charge in [0.1, 0.15) is 5.25 Å². The standard InChI is InChI=1S/C12H12N2O2S/c1-2-10(12(15)16)17-11-7-13-14-9-6-4-3-5-8(9)11/h3-7,10H,2H2,1H3,(H,15,16). The van der Waals surface area contributed by atoms with Crippen LogP contribution < -0.4 is 0 Å². The van der Waals surface area contributed by atoms with Crippen molar-refractivity contribution in [2.75, 3.05) is 0 Å². The number of fused-ring (bicyclic) bond motifs is 1. The highest BCUT2D eigenvalue weighted by Crippen LogP contribution is 2.30. The first-order chi connectivity index (χ1) is 8.22. The largest absolute Gasteiger partial charge is 0.480 e. The summed E-state index contributed by atoms with van der Waals surface area (Å²) in [6.45, 7) is 1.86. The van der Waals surface area contributed by atoms with Crippen LogP contribution in [0.3, 0.4) is 0 Å². The van der Waals surface area contributed by atoms with Gasteiger partial charge in [-0.1, -0.05) is 25.1 Å². The number of carbonyl (C=O) groups is 1. The number of aliphatic carboxylic acids is 1. The van der Waals surface area contributed by atoms with Crippen LogP contribution in [0, 0.1) is 0 Å². The Balaban J connectivity index is 2.38. The molecule has 2 aromatic rings. The summed E-state index contributed by atoms with van der Waals surface area (Å²) in [4.78, 5) is 11.9. The van der Waals surface area contributed by atoms with Crippen LogP contribution in [0.2, 0.25) is 0 Å². The van der Waals surface area contributed by atoms with E-state index in [0.29, 0.717) is 6.42 Å². The molecular formula is C12H12N2O2S. The highest BCUT2D eigenvalue weighted by molar-refractivity contribution is 8.00. The van der Waals surface area contributed by atoms with Crippen LogP contribution in [0.5, 0.6) is 0 Å². The van der Waals surface area contributed by atoms with Crippen molar-refractivity contribution in [1.29, 1.82) is 0 Å². The first-order valence-corrected chi connectivity index (χ1v) is 6.20. The fraction of sp³-hybridized carbons (Fsp3) is 0.250. The topological polar surface area (TPSA) is 63.1 Å². The molecule has 0 spiro atoms. The predicted molar refractivity (Wildman–Crippen MR) is 67.1 cm³/mol. The Morgan fingerprint density at radius 3 is 2.94 bits per heavy atom. The van der Waals surface area contributed by atoms with E-state index in [1.165, 1.54) is 11.8 Å². The summed E-state index contributed by atoms with van der Waals surface area (Å²) in [5, 5.41) is 17.5. The number of rotatable bonds is 4. The van der Waals surface area contributed by atoms with E-state index < -0.39 is 11.2 Å². The maximum Gasteiger partial charge on any atom is 0.316 e. The van der Waals surface area contributed by atoms with Gasteiger partial charge in [-0.2, -0.15) is 10.2 Å². The minimum absolute atomic E-state index is 0.442. The summed E-state index contributed by atoms with van der Waals surface area (Å²) in [7, 11) is 0. The molecule has 4 nitrogen and oxygen atoms in total. The molecule has 2 rings (SSSR count). The number of carboxylic acids is 1. The molecule has 1 aromatic carbocycles. The average Bonchev–Trinajstić information content (AvgIpc) is 2.35. The maximum absolute atomic E-state index is 11.0. The first-order valence-electron chi connectivity index (χ1n) is 5.32. The van der Waals surface area contributed by atoms with Gasteiger partial charge in [0.25, 0.3) is 0 Å². The van der Waals surface area contributed by atoms with Gasteiger partial charge in [0.05, 0.1) is 11.7 Å². The predicted octanol–water partition coefficient (Wildman–Crippen LogP) is 2.59.